The van der Waals surface area contributed by atoms with E-state index in [4.69, 9.17) is 4.74 Å². The van der Waals surface area contributed by atoms with Gasteiger partial charge in [-0.15, -0.1) is 0 Å². The Morgan fingerprint density at radius 2 is 1.83 bits per heavy atom. The molecule has 2 aliphatic heterocycles. The van der Waals surface area contributed by atoms with E-state index in [0.717, 1.165) is 46.5 Å². The summed E-state index contributed by atoms with van der Waals surface area (Å²) in [7, 11) is 1.98. The quantitative estimate of drug-likeness (QED) is 0.628. The lowest BCUT2D eigenvalue weighted by molar-refractivity contribution is -0.00172. The second-order valence-electron chi connectivity index (χ2n) is 8.21. The number of piperidine rings is 1. The molecule has 148 valence electrons. The molecule has 2 aromatic carbocycles. The predicted molar refractivity (Wildman–Crippen MR) is 112 cm³/mol. The summed E-state index contributed by atoms with van der Waals surface area (Å²) < 4.78 is 8.51. The smallest absolute Gasteiger partial charge is 0.253 e. The third kappa shape index (κ3) is 2.76. The van der Waals surface area contributed by atoms with E-state index in [1.807, 2.05) is 59.2 Å². The van der Waals surface area contributed by atoms with Crippen molar-refractivity contribution in [1.29, 1.82) is 0 Å². The number of ether oxygens (including phenoxy) is 1. The summed E-state index contributed by atoms with van der Waals surface area (Å²) in [5.41, 5.74) is 6.05. The molecule has 3 aromatic rings. The van der Waals surface area contributed by atoms with Gasteiger partial charge in [-0.3, -0.25) is 9.48 Å². The van der Waals surface area contributed by atoms with Crippen LogP contribution in [0.1, 0.15) is 39.9 Å². The van der Waals surface area contributed by atoms with Crippen molar-refractivity contribution in [2.24, 2.45) is 7.05 Å². The van der Waals surface area contributed by atoms with Crippen molar-refractivity contribution in [2.75, 3.05) is 13.1 Å². The maximum Gasteiger partial charge on any atom is 0.253 e. The molecule has 5 rings (SSSR count). The Morgan fingerprint density at radius 1 is 1.07 bits per heavy atom. The predicted octanol–water partition coefficient (Wildman–Crippen LogP) is 4.23. The highest BCUT2D eigenvalue weighted by atomic mass is 16.5. The summed E-state index contributed by atoms with van der Waals surface area (Å²) >= 11 is 0. The van der Waals surface area contributed by atoms with Crippen LogP contribution >= 0.6 is 0 Å². The van der Waals surface area contributed by atoms with Crippen molar-refractivity contribution >= 4 is 5.91 Å². The van der Waals surface area contributed by atoms with Gasteiger partial charge in [0.25, 0.3) is 5.91 Å². The number of carbonyl (C=O) groups is 1. The molecule has 1 fully saturated rings. The van der Waals surface area contributed by atoms with Crippen LogP contribution in [0.25, 0.3) is 11.3 Å². The summed E-state index contributed by atoms with van der Waals surface area (Å²) in [6.45, 7) is 5.46. The number of fused-ring (bicyclic) bond motifs is 4. The van der Waals surface area contributed by atoms with Crippen molar-refractivity contribution in [3.05, 3.63) is 70.9 Å². The first-order valence-electron chi connectivity index (χ1n) is 10.2. The summed E-state index contributed by atoms with van der Waals surface area (Å²) in [6, 6.07) is 14.1. The zero-order valence-corrected chi connectivity index (χ0v) is 17.1. The highest BCUT2D eigenvalue weighted by molar-refractivity contribution is 5.94. The zero-order valence-electron chi connectivity index (χ0n) is 17.1. The number of amides is 1. The highest BCUT2D eigenvalue weighted by Gasteiger charge is 2.45. The Morgan fingerprint density at radius 3 is 2.59 bits per heavy atom. The van der Waals surface area contributed by atoms with Gasteiger partial charge in [-0.2, -0.15) is 5.10 Å². The number of carbonyl (C=O) groups excluding carboxylic acids is 1. The molecule has 1 amide bonds. The van der Waals surface area contributed by atoms with E-state index in [1.165, 1.54) is 5.56 Å². The molecule has 29 heavy (non-hydrogen) atoms. The van der Waals surface area contributed by atoms with Gasteiger partial charge in [0.2, 0.25) is 0 Å². The molecule has 3 heterocycles. The largest absolute Gasteiger partial charge is 0.482 e. The number of hydrogen-bond acceptors (Lipinski definition) is 3. The Balaban J connectivity index is 1.43. The average Bonchev–Trinajstić information content (AvgIpc) is 3.13. The normalized spacial score (nSPS) is 16.9. The van der Waals surface area contributed by atoms with E-state index in [0.29, 0.717) is 13.1 Å². The van der Waals surface area contributed by atoms with E-state index in [1.54, 1.807) is 0 Å². The van der Waals surface area contributed by atoms with Crippen LogP contribution < -0.4 is 4.74 Å². The standard InChI is InChI=1S/C24H25N3O2/c1-16-8-9-18(14-17(16)2)23(28)27-12-10-24(11-13-27)20-15-25-26(3)22(20)19-6-4-5-7-21(19)29-24/h4-9,14-15H,10-13H2,1-3H3. The van der Waals surface area contributed by atoms with Crippen LogP contribution in [0.5, 0.6) is 5.75 Å². The van der Waals surface area contributed by atoms with E-state index < -0.39 is 5.60 Å². The van der Waals surface area contributed by atoms with E-state index in [9.17, 15) is 4.79 Å². The van der Waals surface area contributed by atoms with Gasteiger partial charge < -0.3 is 9.64 Å². The average molecular weight is 387 g/mol. The van der Waals surface area contributed by atoms with Crippen molar-refractivity contribution in [2.45, 2.75) is 32.3 Å². The fourth-order valence-corrected chi connectivity index (χ4v) is 4.61. The van der Waals surface area contributed by atoms with E-state index in [2.05, 4.69) is 25.0 Å². The minimum absolute atomic E-state index is 0.102. The molecular weight excluding hydrogens is 362 g/mol. The number of likely N-dealkylation sites (tertiary alicyclic amines) is 1. The first kappa shape index (κ1) is 18.0. The Hall–Kier alpha value is -3.08. The third-order valence-electron chi connectivity index (χ3n) is 6.49. The van der Waals surface area contributed by atoms with Gasteiger partial charge >= 0.3 is 0 Å². The van der Waals surface area contributed by atoms with Crippen LogP contribution in [0.2, 0.25) is 0 Å². The van der Waals surface area contributed by atoms with Gasteiger partial charge in [-0.1, -0.05) is 18.2 Å². The molecule has 1 spiro atoms. The molecule has 0 atom stereocenters. The van der Waals surface area contributed by atoms with Crippen LogP contribution in [-0.4, -0.2) is 33.7 Å². The van der Waals surface area contributed by atoms with Crippen LogP contribution in [0.4, 0.5) is 0 Å². The maximum absolute atomic E-state index is 13.1. The molecule has 5 nitrogen and oxygen atoms in total. The van der Waals surface area contributed by atoms with Crippen LogP contribution in [-0.2, 0) is 12.6 Å². The van der Waals surface area contributed by atoms with Gasteiger partial charge in [0.1, 0.15) is 11.4 Å². The lowest BCUT2D eigenvalue weighted by Gasteiger charge is -2.44. The molecular formula is C24H25N3O2. The molecule has 1 aromatic heterocycles. The van der Waals surface area contributed by atoms with Crippen molar-refractivity contribution in [3.63, 3.8) is 0 Å². The lowest BCUT2D eigenvalue weighted by atomic mass is 9.81. The molecule has 2 aliphatic rings. The van der Waals surface area contributed by atoms with Crippen LogP contribution in [0, 0.1) is 13.8 Å². The number of para-hydroxylation sites is 1. The molecule has 1 saturated heterocycles. The van der Waals surface area contributed by atoms with Gasteiger partial charge in [-0.25, -0.2) is 0 Å². The van der Waals surface area contributed by atoms with Gasteiger partial charge in [0.05, 0.1) is 11.9 Å². The van der Waals surface area contributed by atoms with Crippen molar-refractivity contribution in [3.8, 4) is 17.0 Å². The molecule has 5 heteroatoms. The summed E-state index contributed by atoms with van der Waals surface area (Å²) in [6.07, 6.45) is 3.46. The van der Waals surface area contributed by atoms with E-state index in [-0.39, 0.29) is 5.91 Å². The summed E-state index contributed by atoms with van der Waals surface area (Å²) in [4.78, 5) is 15.0. The molecule has 0 aliphatic carbocycles. The number of aromatic nitrogens is 2. The van der Waals surface area contributed by atoms with Crippen LogP contribution in [0.15, 0.2) is 48.7 Å². The molecule has 0 saturated carbocycles. The summed E-state index contributed by atoms with van der Waals surface area (Å²) in [5.74, 6) is 1.00. The molecule has 0 bridgehead atoms. The minimum Gasteiger partial charge on any atom is -0.482 e. The second-order valence-corrected chi connectivity index (χ2v) is 8.21. The number of benzene rings is 2. The van der Waals surface area contributed by atoms with E-state index >= 15 is 0 Å². The fourth-order valence-electron chi connectivity index (χ4n) is 4.61. The highest BCUT2D eigenvalue weighted by Crippen LogP contribution is 2.49. The Bertz CT molecular complexity index is 1110. The van der Waals surface area contributed by atoms with Gasteiger partial charge in [-0.05, 0) is 49.2 Å². The lowest BCUT2D eigenvalue weighted by Crippen LogP contribution is -2.49. The van der Waals surface area contributed by atoms with Gasteiger partial charge in [0.15, 0.2) is 0 Å². The molecule has 0 radical (unpaired) electrons. The Labute approximate surface area is 170 Å². The number of rotatable bonds is 1. The minimum atomic E-state index is -0.419. The van der Waals surface area contributed by atoms with Crippen molar-refractivity contribution in [1.82, 2.24) is 14.7 Å². The number of aryl methyl sites for hydroxylation is 3. The summed E-state index contributed by atoms with van der Waals surface area (Å²) in [5, 5.41) is 4.52. The zero-order chi connectivity index (χ0) is 20.2. The monoisotopic (exact) mass is 387 g/mol. The SMILES string of the molecule is Cc1ccc(C(=O)N2CCC3(CC2)Oc2ccccc2-c2c3cnn2C)cc1C. The topological polar surface area (TPSA) is 47.4 Å². The Kier molecular flexibility index (Phi) is 4.02. The van der Waals surface area contributed by atoms with Crippen LogP contribution in [0.3, 0.4) is 0 Å². The second kappa shape index (κ2) is 6.48. The van der Waals surface area contributed by atoms with Crippen molar-refractivity contribution < 1.29 is 9.53 Å². The first-order chi connectivity index (χ1) is 14.0. The first-order valence-corrected chi connectivity index (χ1v) is 10.2. The van der Waals surface area contributed by atoms with Gasteiger partial charge in [0, 0.05) is 49.7 Å². The third-order valence-corrected chi connectivity index (χ3v) is 6.49. The fraction of sp³-hybridized carbons (Fsp3) is 0.333. The maximum atomic E-state index is 13.1. The number of hydrogen-bond donors (Lipinski definition) is 0. The number of nitrogens with zero attached hydrogens (tertiary/aromatic N) is 3. The molecule has 0 N–H and O–H groups in total. The molecule has 0 unspecified atom stereocenters.